The van der Waals surface area contributed by atoms with Gasteiger partial charge in [-0.3, -0.25) is 14.6 Å². The van der Waals surface area contributed by atoms with Crippen LogP contribution in [0.1, 0.15) is 23.2 Å². The van der Waals surface area contributed by atoms with Gasteiger partial charge in [-0.15, -0.1) is 24.8 Å². The van der Waals surface area contributed by atoms with E-state index in [1.165, 1.54) is 0 Å². The molecule has 1 aliphatic rings. The van der Waals surface area contributed by atoms with Crippen LogP contribution in [0.3, 0.4) is 0 Å². The second-order valence-corrected chi connectivity index (χ2v) is 5.81. The molecule has 3 rings (SSSR count). The quantitative estimate of drug-likeness (QED) is 0.741. The van der Waals surface area contributed by atoms with E-state index in [0.717, 1.165) is 25.9 Å². The molecule has 0 aliphatic carbocycles. The van der Waals surface area contributed by atoms with Crippen molar-refractivity contribution >= 4 is 48.0 Å². The molecule has 1 aromatic heterocycles. The molecular formula is C18H22Cl2N4O2. The van der Waals surface area contributed by atoms with Crippen molar-refractivity contribution in [3.63, 3.8) is 0 Å². The van der Waals surface area contributed by atoms with Crippen LogP contribution in [-0.2, 0) is 4.79 Å². The molecule has 2 aromatic rings. The number of carbonyl (C=O) groups excluding carboxylic acids is 2. The minimum atomic E-state index is -0.211. The van der Waals surface area contributed by atoms with Gasteiger partial charge in [-0.2, -0.15) is 0 Å². The van der Waals surface area contributed by atoms with Crippen molar-refractivity contribution in [2.24, 2.45) is 5.92 Å². The molecule has 0 radical (unpaired) electrons. The van der Waals surface area contributed by atoms with Gasteiger partial charge in [0.2, 0.25) is 5.91 Å². The number of benzene rings is 1. The fourth-order valence-electron chi connectivity index (χ4n) is 2.66. The van der Waals surface area contributed by atoms with Crippen molar-refractivity contribution in [2.45, 2.75) is 12.8 Å². The highest BCUT2D eigenvalue weighted by atomic mass is 35.5. The van der Waals surface area contributed by atoms with Crippen LogP contribution in [0.4, 0.5) is 11.4 Å². The SMILES string of the molecule is Cl.Cl.O=C(Nc1cccnc1)c1ccc(NC(=O)C2CCCNC2)cc1. The van der Waals surface area contributed by atoms with E-state index in [4.69, 9.17) is 0 Å². The van der Waals surface area contributed by atoms with Crippen molar-refractivity contribution in [3.8, 4) is 0 Å². The molecule has 1 aliphatic heterocycles. The number of rotatable bonds is 4. The maximum Gasteiger partial charge on any atom is 0.255 e. The van der Waals surface area contributed by atoms with Crippen molar-refractivity contribution in [1.29, 1.82) is 0 Å². The van der Waals surface area contributed by atoms with Crippen LogP contribution in [0.2, 0.25) is 0 Å². The predicted octanol–water partition coefficient (Wildman–Crippen LogP) is 3.12. The fraction of sp³-hybridized carbons (Fsp3) is 0.278. The van der Waals surface area contributed by atoms with Crippen molar-refractivity contribution in [2.75, 3.05) is 23.7 Å². The number of amides is 2. The fourth-order valence-corrected chi connectivity index (χ4v) is 2.66. The van der Waals surface area contributed by atoms with Gasteiger partial charge in [0, 0.05) is 24.0 Å². The Morgan fingerprint density at radius 3 is 2.42 bits per heavy atom. The molecule has 26 heavy (non-hydrogen) atoms. The molecule has 0 bridgehead atoms. The molecule has 2 amide bonds. The number of pyridine rings is 1. The maximum atomic E-state index is 12.2. The minimum Gasteiger partial charge on any atom is -0.326 e. The van der Waals surface area contributed by atoms with E-state index in [2.05, 4.69) is 20.9 Å². The van der Waals surface area contributed by atoms with Crippen LogP contribution in [0, 0.1) is 5.92 Å². The van der Waals surface area contributed by atoms with E-state index in [0.29, 0.717) is 16.9 Å². The smallest absolute Gasteiger partial charge is 0.255 e. The highest BCUT2D eigenvalue weighted by Gasteiger charge is 2.20. The second-order valence-electron chi connectivity index (χ2n) is 5.81. The molecule has 2 heterocycles. The van der Waals surface area contributed by atoms with E-state index in [9.17, 15) is 9.59 Å². The van der Waals surface area contributed by atoms with Crippen LogP contribution >= 0.6 is 24.8 Å². The molecule has 3 N–H and O–H groups in total. The van der Waals surface area contributed by atoms with Gasteiger partial charge in [0.1, 0.15) is 0 Å². The topological polar surface area (TPSA) is 83.1 Å². The van der Waals surface area contributed by atoms with Crippen molar-refractivity contribution in [3.05, 3.63) is 54.4 Å². The average molecular weight is 397 g/mol. The van der Waals surface area contributed by atoms with E-state index in [1.807, 2.05) is 0 Å². The molecule has 1 unspecified atom stereocenters. The lowest BCUT2D eigenvalue weighted by atomic mass is 9.99. The molecular weight excluding hydrogens is 375 g/mol. The van der Waals surface area contributed by atoms with Gasteiger partial charge in [-0.25, -0.2) is 0 Å². The lowest BCUT2D eigenvalue weighted by Gasteiger charge is -2.21. The number of nitrogens with zero attached hydrogens (tertiary/aromatic N) is 1. The van der Waals surface area contributed by atoms with Gasteiger partial charge in [0.05, 0.1) is 17.8 Å². The molecule has 0 spiro atoms. The number of anilines is 2. The summed E-state index contributed by atoms with van der Waals surface area (Å²) in [5, 5.41) is 8.91. The van der Waals surface area contributed by atoms with Crippen molar-refractivity contribution < 1.29 is 9.59 Å². The Balaban J connectivity index is 0.00000169. The Labute approximate surface area is 165 Å². The third kappa shape index (κ3) is 5.98. The summed E-state index contributed by atoms with van der Waals surface area (Å²) in [6, 6.07) is 10.4. The van der Waals surface area contributed by atoms with Gasteiger partial charge in [0.25, 0.3) is 5.91 Å². The summed E-state index contributed by atoms with van der Waals surface area (Å²) < 4.78 is 0. The third-order valence-corrected chi connectivity index (χ3v) is 4.00. The van der Waals surface area contributed by atoms with Gasteiger partial charge in [-0.05, 0) is 55.8 Å². The summed E-state index contributed by atoms with van der Waals surface area (Å²) in [4.78, 5) is 28.3. The zero-order valence-electron chi connectivity index (χ0n) is 14.1. The highest BCUT2D eigenvalue weighted by molar-refractivity contribution is 6.04. The summed E-state index contributed by atoms with van der Waals surface area (Å²) in [6.07, 6.45) is 5.16. The molecule has 0 saturated carbocycles. The number of hydrogen-bond acceptors (Lipinski definition) is 4. The van der Waals surface area contributed by atoms with E-state index < -0.39 is 0 Å². The first kappa shape index (κ1) is 21.9. The number of aromatic nitrogens is 1. The average Bonchev–Trinajstić information content (AvgIpc) is 2.64. The Hall–Kier alpha value is -2.15. The first-order chi connectivity index (χ1) is 11.7. The zero-order chi connectivity index (χ0) is 16.8. The van der Waals surface area contributed by atoms with Gasteiger partial charge < -0.3 is 16.0 Å². The number of hydrogen-bond donors (Lipinski definition) is 3. The van der Waals surface area contributed by atoms with Crippen LogP contribution in [0.25, 0.3) is 0 Å². The van der Waals surface area contributed by atoms with Gasteiger partial charge >= 0.3 is 0 Å². The van der Waals surface area contributed by atoms with Gasteiger partial charge in [0.15, 0.2) is 0 Å². The van der Waals surface area contributed by atoms with Crippen LogP contribution in [-0.4, -0.2) is 29.9 Å². The molecule has 1 fully saturated rings. The molecule has 1 atom stereocenters. The van der Waals surface area contributed by atoms with Crippen LogP contribution in [0.5, 0.6) is 0 Å². The Morgan fingerprint density at radius 1 is 1.04 bits per heavy atom. The second kappa shape index (κ2) is 10.8. The Kier molecular flexibility index (Phi) is 9.05. The number of nitrogens with one attached hydrogen (secondary N) is 3. The standard InChI is InChI=1S/C18H20N4O2.2ClH/c23-17(22-16-4-2-10-20-12-16)13-5-7-15(8-6-13)21-18(24)14-3-1-9-19-11-14;;/h2,4-8,10,12,14,19H,1,3,9,11H2,(H,21,24)(H,22,23);2*1H. The molecule has 1 saturated heterocycles. The summed E-state index contributed by atoms with van der Waals surface area (Å²) >= 11 is 0. The number of carbonyl (C=O) groups is 2. The summed E-state index contributed by atoms with van der Waals surface area (Å²) in [5.74, 6) is -0.181. The summed E-state index contributed by atoms with van der Waals surface area (Å²) in [5.41, 5.74) is 1.87. The monoisotopic (exact) mass is 396 g/mol. The Bertz CT molecular complexity index is 705. The normalized spacial score (nSPS) is 15.8. The molecule has 1 aromatic carbocycles. The first-order valence-electron chi connectivity index (χ1n) is 8.05. The van der Waals surface area contributed by atoms with E-state index >= 15 is 0 Å². The first-order valence-corrected chi connectivity index (χ1v) is 8.05. The molecule has 6 nitrogen and oxygen atoms in total. The maximum absolute atomic E-state index is 12.2. The largest absolute Gasteiger partial charge is 0.326 e. The zero-order valence-corrected chi connectivity index (χ0v) is 15.7. The van der Waals surface area contributed by atoms with Gasteiger partial charge in [-0.1, -0.05) is 0 Å². The minimum absolute atomic E-state index is 0. The van der Waals surface area contributed by atoms with Crippen LogP contribution < -0.4 is 16.0 Å². The lowest BCUT2D eigenvalue weighted by molar-refractivity contribution is -0.120. The van der Waals surface area contributed by atoms with Crippen molar-refractivity contribution in [1.82, 2.24) is 10.3 Å². The number of halogens is 2. The highest BCUT2D eigenvalue weighted by Crippen LogP contribution is 2.16. The van der Waals surface area contributed by atoms with E-state index in [-0.39, 0.29) is 42.5 Å². The Morgan fingerprint density at radius 2 is 1.81 bits per heavy atom. The molecule has 8 heteroatoms. The number of piperidine rings is 1. The predicted molar refractivity (Wildman–Crippen MR) is 107 cm³/mol. The lowest BCUT2D eigenvalue weighted by Crippen LogP contribution is -2.37. The van der Waals surface area contributed by atoms with E-state index in [1.54, 1.807) is 48.8 Å². The molecule has 140 valence electrons. The third-order valence-electron chi connectivity index (χ3n) is 4.00. The summed E-state index contributed by atoms with van der Waals surface area (Å²) in [7, 11) is 0. The summed E-state index contributed by atoms with van der Waals surface area (Å²) in [6.45, 7) is 1.70. The van der Waals surface area contributed by atoms with Crippen LogP contribution in [0.15, 0.2) is 48.8 Å².